The van der Waals surface area contributed by atoms with Crippen LogP contribution in [-0.2, 0) is 11.2 Å². The number of aryl methyl sites for hydroxylation is 1. The van der Waals surface area contributed by atoms with Crippen LogP contribution in [0.2, 0.25) is 0 Å². The van der Waals surface area contributed by atoms with E-state index in [2.05, 4.69) is 40.7 Å². The first-order valence-corrected chi connectivity index (χ1v) is 20.0. The predicted octanol–water partition coefficient (Wildman–Crippen LogP) is 6.59. The third kappa shape index (κ3) is 10.1. The summed E-state index contributed by atoms with van der Waals surface area (Å²) in [4.78, 5) is 32.4. The maximum absolute atomic E-state index is 14.6. The molecule has 312 valence electrons. The third-order valence-electron chi connectivity index (χ3n) is 11.7. The summed E-state index contributed by atoms with van der Waals surface area (Å²) in [6.45, 7) is 19.1. The van der Waals surface area contributed by atoms with Crippen LogP contribution in [0.15, 0.2) is 65.8 Å². The van der Waals surface area contributed by atoms with Gasteiger partial charge in [0, 0.05) is 53.8 Å². The zero-order valence-corrected chi connectivity index (χ0v) is 34.5. The normalized spacial score (nSPS) is 21.6. The highest BCUT2D eigenvalue weighted by Gasteiger charge is 2.47. The van der Waals surface area contributed by atoms with E-state index < -0.39 is 5.60 Å². The van der Waals surface area contributed by atoms with Crippen LogP contribution in [0.3, 0.4) is 0 Å². The number of benzene rings is 3. The molecule has 13 heteroatoms. The molecule has 3 atom stereocenters. The number of piperidine rings is 1. The minimum Gasteiger partial charge on any atom is -0.492 e. The number of carboxylic acid groups (broad SMARTS) is 1. The van der Waals surface area contributed by atoms with Gasteiger partial charge >= 0.3 is 0 Å². The summed E-state index contributed by atoms with van der Waals surface area (Å²) < 4.78 is 20.5. The molecule has 0 amide bonds. The molecule has 3 aliphatic rings. The number of rotatable bonds is 9. The molecule has 3 fully saturated rings. The SMILES string of the molecule is C=N/C(=c1/cnc(-c2cccc3ccc(F)c(CC)c23)c(C)c1=C)N1CCC[C@@](C)(O)C1.CC[C@@]12CCCN1C(COc1ccc([N+](=O)[O-])cc1)CC2.CN.O=CO. The number of aliphatic imine (C=N–C) groups is 1. The molecule has 0 bridgehead atoms. The molecular formula is C45H59FN6O6. The van der Waals surface area contributed by atoms with E-state index in [0.29, 0.717) is 48.3 Å². The lowest BCUT2D eigenvalue weighted by Gasteiger charge is -2.38. The van der Waals surface area contributed by atoms with E-state index in [1.165, 1.54) is 63.9 Å². The second kappa shape index (κ2) is 20.4. The Balaban J connectivity index is 0.000000247. The lowest BCUT2D eigenvalue weighted by molar-refractivity contribution is -0.384. The number of pyridine rings is 1. The highest BCUT2D eigenvalue weighted by molar-refractivity contribution is 5.99. The molecule has 0 radical (unpaired) electrons. The number of β-amino-alcohol motifs (C(OH)–C–C–N with tert-alkyl or cyclic N) is 1. The molecule has 4 heterocycles. The fraction of sp³-hybridized carbons (Fsp3) is 0.444. The number of carbonyl (C=O) groups is 1. The number of ether oxygens (including phenoxy) is 1. The maximum atomic E-state index is 14.6. The Kier molecular flexibility index (Phi) is 16.0. The van der Waals surface area contributed by atoms with Crippen LogP contribution in [0, 0.1) is 22.9 Å². The smallest absolute Gasteiger partial charge is 0.290 e. The number of nitrogens with zero attached hydrogens (tertiary/aromatic N) is 5. The lowest BCUT2D eigenvalue weighted by Crippen LogP contribution is -2.47. The van der Waals surface area contributed by atoms with Gasteiger partial charge in [0.15, 0.2) is 0 Å². The number of non-ortho nitro benzene ring substituents is 1. The number of aromatic nitrogens is 1. The van der Waals surface area contributed by atoms with Crippen LogP contribution in [0.5, 0.6) is 5.75 Å². The van der Waals surface area contributed by atoms with Gasteiger partial charge in [-0.15, -0.1) is 0 Å². The number of hydrogen-bond acceptors (Lipinski definition) is 10. The number of likely N-dealkylation sites (tertiary alicyclic amines) is 1. The van der Waals surface area contributed by atoms with E-state index in [1.54, 1.807) is 18.3 Å². The van der Waals surface area contributed by atoms with Gasteiger partial charge in [0.05, 0.1) is 16.2 Å². The predicted molar refractivity (Wildman–Crippen MR) is 230 cm³/mol. The Morgan fingerprint density at radius 1 is 1.12 bits per heavy atom. The summed E-state index contributed by atoms with van der Waals surface area (Å²) in [6.07, 6.45) is 10.3. The highest BCUT2D eigenvalue weighted by atomic mass is 19.1. The zero-order valence-electron chi connectivity index (χ0n) is 34.5. The van der Waals surface area contributed by atoms with Crippen molar-refractivity contribution in [2.24, 2.45) is 10.7 Å². The Morgan fingerprint density at radius 2 is 1.81 bits per heavy atom. The lowest BCUT2D eigenvalue weighted by atomic mass is 9.91. The molecule has 4 N–H and O–H groups in total. The van der Waals surface area contributed by atoms with Crippen molar-refractivity contribution in [1.82, 2.24) is 14.8 Å². The van der Waals surface area contributed by atoms with Crippen molar-refractivity contribution in [2.45, 2.75) is 96.2 Å². The number of fused-ring (bicyclic) bond motifs is 2. The minimum absolute atomic E-state index is 0.104. The van der Waals surface area contributed by atoms with Crippen LogP contribution in [-0.4, -0.2) is 93.6 Å². The summed E-state index contributed by atoms with van der Waals surface area (Å²) in [5, 5.41) is 31.6. The minimum atomic E-state index is -0.762. The number of hydrogen-bond donors (Lipinski definition) is 3. The summed E-state index contributed by atoms with van der Waals surface area (Å²) >= 11 is 0. The average molecular weight is 799 g/mol. The molecule has 0 saturated carbocycles. The van der Waals surface area contributed by atoms with Crippen LogP contribution in [0.1, 0.15) is 76.8 Å². The summed E-state index contributed by atoms with van der Waals surface area (Å²) in [5.74, 6) is 1.21. The summed E-state index contributed by atoms with van der Waals surface area (Å²) in [7, 11) is 1.50. The number of nitro benzene ring substituents is 1. The fourth-order valence-electron chi connectivity index (χ4n) is 8.82. The number of aliphatic hydroxyl groups is 1. The van der Waals surface area contributed by atoms with E-state index in [-0.39, 0.29) is 22.9 Å². The Hall–Kier alpha value is -5.24. The van der Waals surface area contributed by atoms with Crippen molar-refractivity contribution in [1.29, 1.82) is 0 Å². The summed E-state index contributed by atoms with van der Waals surface area (Å²) in [6, 6.07) is 16.2. The molecule has 58 heavy (non-hydrogen) atoms. The van der Waals surface area contributed by atoms with Gasteiger partial charge < -0.3 is 25.6 Å². The maximum Gasteiger partial charge on any atom is 0.290 e. The largest absolute Gasteiger partial charge is 0.492 e. The quantitative estimate of drug-likeness (QED) is 0.0728. The Labute approximate surface area is 340 Å². The van der Waals surface area contributed by atoms with Crippen LogP contribution in [0.4, 0.5) is 10.1 Å². The molecule has 1 aromatic heterocycles. The van der Waals surface area contributed by atoms with Crippen molar-refractivity contribution >= 4 is 42.0 Å². The van der Waals surface area contributed by atoms with Gasteiger partial charge in [0.1, 0.15) is 24.0 Å². The second-order valence-electron chi connectivity index (χ2n) is 15.1. The van der Waals surface area contributed by atoms with E-state index in [4.69, 9.17) is 19.6 Å². The van der Waals surface area contributed by atoms with Crippen molar-refractivity contribution in [3.63, 3.8) is 0 Å². The molecule has 12 nitrogen and oxygen atoms in total. The first-order chi connectivity index (χ1) is 27.8. The van der Waals surface area contributed by atoms with Crippen molar-refractivity contribution in [3.8, 4) is 17.0 Å². The first kappa shape index (κ1) is 45.5. The third-order valence-corrected chi connectivity index (χ3v) is 11.7. The molecule has 4 aromatic rings. The van der Waals surface area contributed by atoms with Crippen LogP contribution in [0.25, 0.3) is 34.4 Å². The van der Waals surface area contributed by atoms with Crippen molar-refractivity contribution in [3.05, 3.63) is 98.3 Å². The average Bonchev–Trinajstić information content (AvgIpc) is 3.80. The summed E-state index contributed by atoms with van der Waals surface area (Å²) in [5.41, 5.74) is 7.58. The van der Waals surface area contributed by atoms with Gasteiger partial charge in [-0.3, -0.25) is 24.8 Å². The van der Waals surface area contributed by atoms with E-state index in [9.17, 15) is 19.6 Å². The van der Waals surface area contributed by atoms with E-state index in [1.807, 2.05) is 45.0 Å². The van der Waals surface area contributed by atoms with Gasteiger partial charge in [0.2, 0.25) is 0 Å². The molecule has 0 aliphatic carbocycles. The molecule has 0 spiro atoms. The van der Waals surface area contributed by atoms with Gasteiger partial charge in [0.25, 0.3) is 12.2 Å². The Morgan fingerprint density at radius 3 is 2.43 bits per heavy atom. The van der Waals surface area contributed by atoms with Gasteiger partial charge in [-0.1, -0.05) is 44.7 Å². The number of halogens is 1. The van der Waals surface area contributed by atoms with E-state index >= 15 is 0 Å². The molecule has 3 aliphatic heterocycles. The monoisotopic (exact) mass is 798 g/mol. The van der Waals surface area contributed by atoms with Crippen LogP contribution < -0.4 is 20.9 Å². The van der Waals surface area contributed by atoms with E-state index in [0.717, 1.165) is 57.4 Å². The standard InChI is InChI=1S/C27H30FN3O.C16H22N2O3.CH5N.CH2O2/c1-6-20-23(28)12-11-19-9-7-10-21(24(19)20)25-18(3)17(2)22(15-30-25)26(29-5)31-14-8-13-27(4,32)16-31;1-2-16-9-3-11-17(16)14(8-10-16)12-21-15-6-4-13(5-7-15)18(19)20;1-2;2-1-3/h7,9-12,15,32H,2,5-6,8,13-14,16H2,1,3-4H3;4-7,14H,2-3,8-12H2,1H3;2H2,1H3;1H,(H,2,3)/b26-22+;;;/t27-;14?,16-;;/m10../s1. The zero-order chi connectivity index (χ0) is 42.6. The molecule has 3 aromatic carbocycles. The van der Waals surface area contributed by atoms with Crippen molar-refractivity contribution < 1.29 is 29.1 Å². The molecule has 3 saturated heterocycles. The van der Waals surface area contributed by atoms with Gasteiger partial charge in [-0.25, -0.2) is 9.38 Å². The first-order valence-electron chi connectivity index (χ1n) is 20.0. The molecular weight excluding hydrogens is 740 g/mol. The second-order valence-corrected chi connectivity index (χ2v) is 15.1. The molecule has 1 unspecified atom stereocenters. The topological polar surface area (TPSA) is 168 Å². The van der Waals surface area contributed by atoms with Gasteiger partial charge in [-0.05, 0) is 131 Å². The number of nitrogens with two attached hydrogens (primary N) is 1. The fourth-order valence-corrected chi connectivity index (χ4v) is 8.82. The van der Waals surface area contributed by atoms with Gasteiger partial charge in [-0.2, -0.15) is 0 Å². The Bertz CT molecular complexity index is 2160. The van der Waals surface area contributed by atoms with Crippen molar-refractivity contribution in [2.75, 3.05) is 33.3 Å². The van der Waals surface area contributed by atoms with Crippen LogP contribution >= 0.6 is 0 Å². The highest BCUT2D eigenvalue weighted by Crippen LogP contribution is 2.44. The number of nitro groups is 1. The molecule has 7 rings (SSSR count).